The van der Waals surface area contributed by atoms with Gasteiger partial charge in [0.2, 0.25) is 0 Å². The summed E-state index contributed by atoms with van der Waals surface area (Å²) in [6.45, 7) is 2.42. The van der Waals surface area contributed by atoms with Crippen LogP contribution in [0, 0.1) is 0 Å². The highest BCUT2D eigenvalue weighted by Crippen LogP contribution is 2.34. The largest absolute Gasteiger partial charge is 0.492 e. The lowest BCUT2D eigenvalue weighted by Crippen LogP contribution is -2.33. The number of carbonyl (C=O) groups excluding carboxylic acids is 1. The third-order valence-electron chi connectivity index (χ3n) is 4.45. The van der Waals surface area contributed by atoms with Crippen molar-refractivity contribution in [3.8, 4) is 5.75 Å². The first-order valence-electron chi connectivity index (χ1n) is 9.35. The van der Waals surface area contributed by atoms with Crippen molar-refractivity contribution >= 4 is 35.1 Å². The first-order valence-corrected chi connectivity index (χ1v) is 9.73. The summed E-state index contributed by atoms with van der Waals surface area (Å²) in [7, 11) is 0. The van der Waals surface area contributed by atoms with E-state index in [1.54, 1.807) is 23.1 Å². The molecule has 1 aliphatic rings. The number of hydrogen-bond donors (Lipinski definition) is 0. The molecule has 5 heteroatoms. The summed E-state index contributed by atoms with van der Waals surface area (Å²) in [6.07, 6.45) is 1.75. The number of rotatable bonds is 5. The van der Waals surface area contributed by atoms with Gasteiger partial charge in [0.05, 0.1) is 12.3 Å². The minimum atomic E-state index is -0.212. The smallest absolute Gasteiger partial charge is 0.282 e. The zero-order valence-corrected chi connectivity index (χ0v) is 16.6. The number of anilines is 1. The normalized spacial score (nSPS) is 15.0. The van der Waals surface area contributed by atoms with Gasteiger partial charge in [-0.2, -0.15) is 0 Å². The SMILES string of the molecule is CCOc1ccccc1N1C(=O)C(=Cc2cccc(Cl)c2)N=C1c1ccccc1. The van der Waals surface area contributed by atoms with E-state index < -0.39 is 0 Å². The molecule has 0 aromatic heterocycles. The quantitative estimate of drug-likeness (QED) is 0.523. The van der Waals surface area contributed by atoms with Crippen LogP contribution < -0.4 is 9.64 Å². The van der Waals surface area contributed by atoms with Gasteiger partial charge in [0.1, 0.15) is 17.3 Å². The van der Waals surface area contributed by atoms with Crippen molar-refractivity contribution in [2.45, 2.75) is 6.92 Å². The zero-order valence-electron chi connectivity index (χ0n) is 15.9. The summed E-state index contributed by atoms with van der Waals surface area (Å²) < 4.78 is 5.77. The molecule has 0 fully saturated rings. The molecule has 0 N–H and O–H groups in total. The average molecular weight is 403 g/mol. The number of aliphatic imine (C=N–C) groups is 1. The number of hydrogen-bond acceptors (Lipinski definition) is 3. The Morgan fingerprint density at radius 1 is 1.00 bits per heavy atom. The van der Waals surface area contributed by atoms with Gasteiger partial charge < -0.3 is 4.74 Å². The molecule has 1 aliphatic heterocycles. The van der Waals surface area contributed by atoms with Gasteiger partial charge in [0.25, 0.3) is 5.91 Å². The van der Waals surface area contributed by atoms with E-state index in [2.05, 4.69) is 4.99 Å². The maximum Gasteiger partial charge on any atom is 0.282 e. The second kappa shape index (κ2) is 8.33. The summed E-state index contributed by atoms with van der Waals surface area (Å²) in [4.78, 5) is 19.7. The molecule has 0 radical (unpaired) electrons. The Morgan fingerprint density at radius 2 is 1.76 bits per heavy atom. The van der Waals surface area contributed by atoms with E-state index in [9.17, 15) is 4.79 Å². The van der Waals surface area contributed by atoms with Gasteiger partial charge >= 0.3 is 0 Å². The van der Waals surface area contributed by atoms with E-state index >= 15 is 0 Å². The molecule has 0 atom stereocenters. The van der Waals surface area contributed by atoms with E-state index in [0.29, 0.717) is 34.6 Å². The number of nitrogens with zero attached hydrogens (tertiary/aromatic N) is 2. The Morgan fingerprint density at radius 3 is 2.52 bits per heavy atom. The van der Waals surface area contributed by atoms with Crippen molar-refractivity contribution in [3.63, 3.8) is 0 Å². The van der Waals surface area contributed by atoms with Crippen molar-refractivity contribution in [1.82, 2.24) is 0 Å². The molecule has 0 spiro atoms. The van der Waals surface area contributed by atoms with Crippen LogP contribution in [0.4, 0.5) is 5.69 Å². The highest BCUT2D eigenvalue weighted by atomic mass is 35.5. The van der Waals surface area contributed by atoms with E-state index in [4.69, 9.17) is 16.3 Å². The zero-order chi connectivity index (χ0) is 20.2. The maximum atomic E-state index is 13.4. The molecule has 0 saturated carbocycles. The summed E-state index contributed by atoms with van der Waals surface area (Å²) in [5.74, 6) is 0.989. The fourth-order valence-electron chi connectivity index (χ4n) is 3.19. The summed E-state index contributed by atoms with van der Waals surface area (Å²) in [5, 5.41) is 0.607. The minimum absolute atomic E-state index is 0.212. The fraction of sp³-hybridized carbons (Fsp3) is 0.0833. The first-order chi connectivity index (χ1) is 14.2. The average Bonchev–Trinajstić information content (AvgIpc) is 3.05. The number of halogens is 1. The van der Waals surface area contributed by atoms with Gasteiger partial charge in [-0.3, -0.25) is 9.69 Å². The number of benzene rings is 3. The molecule has 3 aromatic carbocycles. The predicted octanol–water partition coefficient (Wildman–Crippen LogP) is 5.57. The third-order valence-corrected chi connectivity index (χ3v) is 4.69. The summed E-state index contributed by atoms with van der Waals surface area (Å²) in [6, 6.07) is 24.5. The first kappa shape index (κ1) is 19.0. The van der Waals surface area contributed by atoms with Crippen LogP contribution in [0.5, 0.6) is 5.75 Å². The van der Waals surface area contributed by atoms with Crippen LogP contribution in [0.2, 0.25) is 5.02 Å². The second-order valence-electron chi connectivity index (χ2n) is 6.43. The van der Waals surface area contributed by atoms with Crippen molar-refractivity contribution in [3.05, 3.63) is 101 Å². The second-order valence-corrected chi connectivity index (χ2v) is 6.86. The van der Waals surface area contributed by atoms with E-state index in [-0.39, 0.29) is 5.91 Å². The summed E-state index contributed by atoms with van der Waals surface area (Å²) >= 11 is 6.09. The van der Waals surface area contributed by atoms with Crippen LogP contribution >= 0.6 is 11.6 Å². The molecule has 144 valence electrons. The Hall–Kier alpha value is -3.37. The van der Waals surface area contributed by atoms with Crippen LogP contribution in [0.3, 0.4) is 0 Å². The molecule has 1 amide bonds. The number of carbonyl (C=O) groups is 1. The summed E-state index contributed by atoms with van der Waals surface area (Å²) in [5.41, 5.74) is 2.67. The molecule has 1 heterocycles. The van der Waals surface area contributed by atoms with E-state index in [1.165, 1.54) is 0 Å². The minimum Gasteiger partial charge on any atom is -0.492 e. The molecule has 0 bridgehead atoms. The molecule has 4 nitrogen and oxygen atoms in total. The van der Waals surface area contributed by atoms with Gasteiger partial charge in [-0.05, 0) is 42.8 Å². The molecule has 4 rings (SSSR count). The van der Waals surface area contributed by atoms with Crippen LogP contribution in [-0.4, -0.2) is 18.3 Å². The lowest BCUT2D eigenvalue weighted by Gasteiger charge is -2.21. The standard InChI is InChI=1S/C24H19ClN2O2/c1-2-29-22-14-7-6-13-21(22)27-23(18-10-4-3-5-11-18)26-20(24(27)28)16-17-9-8-12-19(25)15-17/h3-16H,2H2,1H3. The van der Waals surface area contributed by atoms with E-state index in [0.717, 1.165) is 11.1 Å². The van der Waals surface area contributed by atoms with Crippen molar-refractivity contribution in [2.75, 3.05) is 11.5 Å². The van der Waals surface area contributed by atoms with Gasteiger partial charge in [-0.1, -0.05) is 66.2 Å². The van der Waals surface area contributed by atoms with E-state index in [1.807, 2.05) is 73.7 Å². The lowest BCUT2D eigenvalue weighted by atomic mass is 10.1. The van der Waals surface area contributed by atoms with Crippen molar-refractivity contribution in [1.29, 1.82) is 0 Å². The Balaban J connectivity index is 1.84. The number of ether oxygens (including phenoxy) is 1. The van der Waals surface area contributed by atoms with Crippen molar-refractivity contribution in [2.24, 2.45) is 4.99 Å². The van der Waals surface area contributed by atoms with Gasteiger partial charge in [-0.25, -0.2) is 4.99 Å². The Kier molecular flexibility index (Phi) is 5.45. The number of para-hydroxylation sites is 2. The molecular formula is C24H19ClN2O2. The molecular weight excluding hydrogens is 384 g/mol. The van der Waals surface area contributed by atoms with Crippen LogP contribution in [0.1, 0.15) is 18.1 Å². The number of amidine groups is 1. The van der Waals surface area contributed by atoms with Crippen LogP contribution in [0.25, 0.3) is 6.08 Å². The van der Waals surface area contributed by atoms with Gasteiger partial charge in [0, 0.05) is 10.6 Å². The van der Waals surface area contributed by atoms with Gasteiger partial charge in [-0.15, -0.1) is 0 Å². The molecule has 0 saturated heterocycles. The Bertz CT molecular complexity index is 1110. The molecule has 0 aliphatic carbocycles. The third kappa shape index (κ3) is 3.93. The fourth-order valence-corrected chi connectivity index (χ4v) is 3.39. The van der Waals surface area contributed by atoms with Crippen LogP contribution in [0.15, 0.2) is 89.6 Å². The predicted molar refractivity (Wildman–Crippen MR) is 118 cm³/mol. The number of amides is 1. The monoisotopic (exact) mass is 402 g/mol. The topological polar surface area (TPSA) is 41.9 Å². The van der Waals surface area contributed by atoms with Crippen molar-refractivity contribution < 1.29 is 9.53 Å². The molecule has 0 unspecified atom stereocenters. The van der Waals surface area contributed by atoms with Gasteiger partial charge in [0.15, 0.2) is 0 Å². The highest BCUT2D eigenvalue weighted by Gasteiger charge is 2.34. The van der Waals surface area contributed by atoms with Crippen LogP contribution in [-0.2, 0) is 4.79 Å². The lowest BCUT2D eigenvalue weighted by molar-refractivity contribution is -0.113. The molecule has 3 aromatic rings. The maximum absolute atomic E-state index is 13.4. The Labute approximate surface area is 174 Å². The highest BCUT2D eigenvalue weighted by molar-refractivity contribution is 6.33. The molecule has 29 heavy (non-hydrogen) atoms.